The molecule has 0 saturated carbocycles. The number of benzene rings is 2. The lowest BCUT2D eigenvalue weighted by molar-refractivity contribution is -0.124. The van der Waals surface area contributed by atoms with Gasteiger partial charge in [0.05, 0.1) is 5.56 Å². The molecule has 1 unspecified atom stereocenters. The number of carbonyl (C=O) groups excluding carboxylic acids is 3. The third-order valence-corrected chi connectivity index (χ3v) is 4.11. The fraction of sp³-hybridized carbons (Fsp3) is 0.250. The number of hydrogen-bond acceptors (Lipinski definition) is 3. The van der Waals surface area contributed by atoms with Crippen LogP contribution < -0.4 is 16.2 Å². The third-order valence-electron chi connectivity index (χ3n) is 3.85. The van der Waals surface area contributed by atoms with Crippen LogP contribution in [-0.4, -0.2) is 23.8 Å². The van der Waals surface area contributed by atoms with Crippen LogP contribution in [0.1, 0.15) is 41.0 Å². The molecular weight excluding hydrogens is 385 g/mol. The van der Waals surface area contributed by atoms with Gasteiger partial charge < -0.3 is 5.32 Å². The highest BCUT2D eigenvalue weighted by Crippen LogP contribution is 2.11. The molecule has 0 bridgehead atoms. The van der Waals surface area contributed by atoms with Crippen molar-refractivity contribution in [2.24, 2.45) is 5.92 Å². The summed E-state index contributed by atoms with van der Waals surface area (Å²) in [4.78, 5) is 36.9. The highest BCUT2D eigenvalue weighted by molar-refractivity contribution is 6.30. The molecule has 0 heterocycles. The van der Waals surface area contributed by atoms with Crippen molar-refractivity contribution in [3.63, 3.8) is 0 Å². The number of hydrazine groups is 1. The Kier molecular flexibility index (Phi) is 7.52. The highest BCUT2D eigenvalue weighted by Gasteiger charge is 2.23. The summed E-state index contributed by atoms with van der Waals surface area (Å²) >= 11 is 5.81. The van der Waals surface area contributed by atoms with Crippen LogP contribution in [0.2, 0.25) is 5.02 Å². The topological polar surface area (TPSA) is 87.3 Å². The van der Waals surface area contributed by atoms with Crippen LogP contribution in [0.5, 0.6) is 0 Å². The van der Waals surface area contributed by atoms with Gasteiger partial charge in [0.1, 0.15) is 11.9 Å². The molecule has 0 aliphatic heterocycles. The van der Waals surface area contributed by atoms with Crippen LogP contribution in [0.15, 0.2) is 48.5 Å². The summed E-state index contributed by atoms with van der Waals surface area (Å²) in [5.74, 6) is -2.45. The molecule has 0 aliphatic carbocycles. The summed E-state index contributed by atoms with van der Waals surface area (Å²) in [6.07, 6.45) is 0.348. The second-order valence-corrected chi connectivity index (χ2v) is 7.02. The molecule has 8 heteroatoms. The van der Waals surface area contributed by atoms with Gasteiger partial charge in [-0.05, 0) is 48.7 Å². The molecule has 0 aliphatic rings. The van der Waals surface area contributed by atoms with Gasteiger partial charge in [-0.3, -0.25) is 25.2 Å². The standard InChI is InChI=1S/C20H21ClFN3O3/c1-12(2)11-17(23-18(26)13-7-9-14(21)10-8-13)20(28)25-24-19(27)15-5-3-4-6-16(15)22/h3-10,12,17H,11H2,1-2H3,(H,23,26)(H,24,27)(H,25,28). The average molecular weight is 406 g/mol. The van der Waals surface area contributed by atoms with E-state index in [0.29, 0.717) is 17.0 Å². The van der Waals surface area contributed by atoms with Crippen molar-refractivity contribution in [3.8, 4) is 0 Å². The number of nitrogens with one attached hydrogen (secondary N) is 3. The predicted octanol–water partition coefficient (Wildman–Crippen LogP) is 3.08. The maximum absolute atomic E-state index is 13.6. The molecule has 2 rings (SSSR count). The predicted molar refractivity (Wildman–Crippen MR) is 104 cm³/mol. The van der Waals surface area contributed by atoms with Gasteiger partial charge in [-0.25, -0.2) is 4.39 Å². The summed E-state index contributed by atoms with van der Waals surface area (Å²) in [6, 6.07) is 10.7. The fourth-order valence-electron chi connectivity index (χ4n) is 2.46. The van der Waals surface area contributed by atoms with E-state index in [4.69, 9.17) is 11.6 Å². The molecule has 6 nitrogen and oxygen atoms in total. The van der Waals surface area contributed by atoms with Crippen molar-refractivity contribution in [1.82, 2.24) is 16.2 Å². The van der Waals surface area contributed by atoms with Gasteiger partial charge in [0.25, 0.3) is 17.7 Å². The zero-order valence-corrected chi connectivity index (χ0v) is 16.2. The Morgan fingerprint density at radius 2 is 1.61 bits per heavy atom. The van der Waals surface area contributed by atoms with Crippen molar-refractivity contribution >= 4 is 29.3 Å². The molecular formula is C20H21ClFN3O3. The second kappa shape index (κ2) is 9.85. The third kappa shape index (κ3) is 6.06. The summed E-state index contributed by atoms with van der Waals surface area (Å²) in [5.41, 5.74) is 4.55. The summed E-state index contributed by atoms with van der Waals surface area (Å²) in [5, 5.41) is 3.13. The van der Waals surface area contributed by atoms with Gasteiger partial charge >= 0.3 is 0 Å². The van der Waals surface area contributed by atoms with E-state index in [1.165, 1.54) is 18.2 Å². The molecule has 0 spiro atoms. The monoisotopic (exact) mass is 405 g/mol. The van der Waals surface area contributed by atoms with Crippen molar-refractivity contribution in [3.05, 3.63) is 70.5 Å². The van der Waals surface area contributed by atoms with E-state index in [2.05, 4.69) is 16.2 Å². The fourth-order valence-corrected chi connectivity index (χ4v) is 2.59. The Balaban J connectivity index is 2.02. The first-order valence-corrected chi connectivity index (χ1v) is 9.07. The molecule has 2 aromatic carbocycles. The molecule has 2 aromatic rings. The SMILES string of the molecule is CC(C)CC(NC(=O)c1ccc(Cl)cc1)C(=O)NNC(=O)c1ccccc1F. The van der Waals surface area contributed by atoms with E-state index in [9.17, 15) is 18.8 Å². The lowest BCUT2D eigenvalue weighted by Crippen LogP contribution is -2.52. The van der Waals surface area contributed by atoms with Crippen molar-refractivity contribution < 1.29 is 18.8 Å². The highest BCUT2D eigenvalue weighted by atomic mass is 35.5. The normalized spacial score (nSPS) is 11.6. The maximum Gasteiger partial charge on any atom is 0.272 e. The first-order valence-electron chi connectivity index (χ1n) is 8.69. The zero-order valence-electron chi connectivity index (χ0n) is 15.5. The van der Waals surface area contributed by atoms with Crippen LogP contribution in [0.4, 0.5) is 4.39 Å². The zero-order chi connectivity index (χ0) is 20.7. The van der Waals surface area contributed by atoms with Gasteiger partial charge in [-0.15, -0.1) is 0 Å². The number of carbonyl (C=O) groups is 3. The Morgan fingerprint density at radius 1 is 0.964 bits per heavy atom. The Labute approximate surface area is 167 Å². The Morgan fingerprint density at radius 3 is 2.21 bits per heavy atom. The number of amides is 3. The lowest BCUT2D eigenvalue weighted by Gasteiger charge is -2.20. The van der Waals surface area contributed by atoms with Crippen LogP contribution in [0, 0.1) is 11.7 Å². The molecule has 148 valence electrons. The van der Waals surface area contributed by atoms with E-state index in [0.717, 1.165) is 6.07 Å². The van der Waals surface area contributed by atoms with E-state index < -0.39 is 29.6 Å². The van der Waals surface area contributed by atoms with E-state index in [-0.39, 0.29) is 11.5 Å². The van der Waals surface area contributed by atoms with E-state index in [1.807, 2.05) is 13.8 Å². The van der Waals surface area contributed by atoms with Crippen LogP contribution in [0.3, 0.4) is 0 Å². The minimum atomic E-state index is -0.885. The molecule has 0 aromatic heterocycles. The van der Waals surface area contributed by atoms with Crippen molar-refractivity contribution in [2.75, 3.05) is 0 Å². The van der Waals surface area contributed by atoms with Crippen molar-refractivity contribution in [1.29, 1.82) is 0 Å². The van der Waals surface area contributed by atoms with Crippen molar-refractivity contribution in [2.45, 2.75) is 26.3 Å². The molecule has 0 saturated heterocycles. The first kappa shape index (κ1) is 21.4. The van der Waals surface area contributed by atoms with E-state index >= 15 is 0 Å². The lowest BCUT2D eigenvalue weighted by atomic mass is 10.0. The Bertz CT molecular complexity index is 856. The number of hydrogen-bond donors (Lipinski definition) is 3. The molecule has 1 atom stereocenters. The minimum absolute atomic E-state index is 0.100. The van der Waals surface area contributed by atoms with Crippen LogP contribution >= 0.6 is 11.6 Å². The molecule has 0 fully saturated rings. The van der Waals surface area contributed by atoms with Crippen LogP contribution in [-0.2, 0) is 4.79 Å². The van der Waals surface area contributed by atoms with Gasteiger partial charge in [0.15, 0.2) is 0 Å². The van der Waals surface area contributed by atoms with E-state index in [1.54, 1.807) is 24.3 Å². The maximum atomic E-state index is 13.6. The largest absolute Gasteiger partial charge is 0.340 e. The number of rotatable bonds is 6. The number of halogens is 2. The van der Waals surface area contributed by atoms with Gasteiger partial charge in [-0.1, -0.05) is 37.6 Å². The van der Waals surface area contributed by atoms with Gasteiger partial charge in [-0.2, -0.15) is 0 Å². The molecule has 0 radical (unpaired) electrons. The average Bonchev–Trinajstić information content (AvgIpc) is 2.65. The Hall–Kier alpha value is -2.93. The van der Waals surface area contributed by atoms with Gasteiger partial charge in [0.2, 0.25) is 0 Å². The second-order valence-electron chi connectivity index (χ2n) is 6.59. The summed E-state index contributed by atoms with van der Waals surface area (Å²) < 4.78 is 13.6. The molecule has 28 heavy (non-hydrogen) atoms. The molecule has 3 amide bonds. The summed E-state index contributed by atoms with van der Waals surface area (Å²) in [6.45, 7) is 3.79. The summed E-state index contributed by atoms with van der Waals surface area (Å²) in [7, 11) is 0. The minimum Gasteiger partial charge on any atom is -0.340 e. The first-order chi connectivity index (χ1) is 13.3. The quantitative estimate of drug-likeness (QED) is 0.645. The van der Waals surface area contributed by atoms with Crippen LogP contribution in [0.25, 0.3) is 0 Å². The van der Waals surface area contributed by atoms with Gasteiger partial charge in [0, 0.05) is 10.6 Å². The smallest absolute Gasteiger partial charge is 0.272 e. The molecule has 3 N–H and O–H groups in total.